The third-order valence-electron chi connectivity index (χ3n) is 3.41. The molecule has 1 aliphatic rings. The molecule has 2 rings (SSSR count). The molecule has 1 amide bonds. The van der Waals surface area contributed by atoms with Gasteiger partial charge in [-0.05, 0) is 25.8 Å². The number of carbonyl (C=O) groups is 1. The van der Waals surface area contributed by atoms with E-state index in [1.807, 2.05) is 6.92 Å². The van der Waals surface area contributed by atoms with Crippen molar-refractivity contribution in [3.8, 4) is 0 Å². The van der Waals surface area contributed by atoms with Gasteiger partial charge in [0.1, 0.15) is 5.69 Å². The lowest BCUT2D eigenvalue weighted by Crippen LogP contribution is -2.41. The molecular formula is C13H17N3O4. The highest BCUT2D eigenvalue weighted by atomic mass is 16.6. The second-order valence-corrected chi connectivity index (χ2v) is 4.81. The minimum atomic E-state index is -0.602. The topological polar surface area (TPSA) is 107 Å². The van der Waals surface area contributed by atoms with Crippen molar-refractivity contribution in [2.24, 2.45) is 0 Å². The van der Waals surface area contributed by atoms with Gasteiger partial charge in [0.2, 0.25) is 0 Å². The Bertz CT molecular complexity index is 526. The van der Waals surface area contributed by atoms with Gasteiger partial charge < -0.3 is 15.8 Å². The number of para-hydroxylation sites is 1. The predicted molar refractivity (Wildman–Crippen MR) is 73.4 cm³/mol. The molecule has 7 heteroatoms. The second-order valence-electron chi connectivity index (χ2n) is 4.81. The predicted octanol–water partition coefficient (Wildman–Crippen LogP) is 1.47. The van der Waals surface area contributed by atoms with Gasteiger partial charge >= 0.3 is 0 Å². The zero-order valence-electron chi connectivity index (χ0n) is 11.2. The van der Waals surface area contributed by atoms with Crippen molar-refractivity contribution in [1.82, 2.24) is 5.32 Å². The standard InChI is InChI=1S/C13H17N3O4/c1-8(11-6-3-7-20-11)15-13(17)9-4-2-5-10(12(9)14)16(18)19/h2,4-5,8,11H,3,6-7,14H2,1H3,(H,15,17). The summed E-state index contributed by atoms with van der Waals surface area (Å²) in [4.78, 5) is 22.3. The molecule has 1 saturated heterocycles. The summed E-state index contributed by atoms with van der Waals surface area (Å²) in [7, 11) is 0. The largest absolute Gasteiger partial charge is 0.393 e. The van der Waals surface area contributed by atoms with E-state index in [0.717, 1.165) is 12.8 Å². The number of nitrogens with one attached hydrogen (secondary N) is 1. The third-order valence-corrected chi connectivity index (χ3v) is 3.41. The summed E-state index contributed by atoms with van der Waals surface area (Å²) in [6, 6.07) is 4.03. The van der Waals surface area contributed by atoms with Crippen LogP contribution in [0.2, 0.25) is 0 Å². The third kappa shape index (κ3) is 2.88. The molecule has 3 N–H and O–H groups in total. The number of ether oxygens (including phenoxy) is 1. The Hall–Kier alpha value is -2.15. The lowest BCUT2D eigenvalue weighted by Gasteiger charge is -2.20. The first-order valence-corrected chi connectivity index (χ1v) is 6.46. The minimum Gasteiger partial charge on any atom is -0.393 e. The van der Waals surface area contributed by atoms with Crippen molar-refractivity contribution in [1.29, 1.82) is 0 Å². The van der Waals surface area contributed by atoms with Gasteiger partial charge in [-0.15, -0.1) is 0 Å². The lowest BCUT2D eigenvalue weighted by atomic mass is 10.1. The monoisotopic (exact) mass is 279 g/mol. The number of nitrogens with two attached hydrogens (primary N) is 1. The van der Waals surface area contributed by atoms with Gasteiger partial charge in [0.25, 0.3) is 11.6 Å². The SMILES string of the molecule is CC(NC(=O)c1cccc([N+](=O)[O-])c1N)C1CCCO1. The minimum absolute atomic E-state index is 0.0149. The summed E-state index contributed by atoms with van der Waals surface area (Å²) in [5.41, 5.74) is 5.42. The average molecular weight is 279 g/mol. The van der Waals surface area contributed by atoms with E-state index in [2.05, 4.69) is 5.32 Å². The van der Waals surface area contributed by atoms with Gasteiger partial charge in [0.05, 0.1) is 22.6 Å². The van der Waals surface area contributed by atoms with E-state index in [-0.39, 0.29) is 29.1 Å². The number of carbonyl (C=O) groups excluding carboxylic acids is 1. The summed E-state index contributed by atoms with van der Waals surface area (Å²) >= 11 is 0. The van der Waals surface area contributed by atoms with Crippen LogP contribution < -0.4 is 11.1 Å². The number of nitrogen functional groups attached to an aromatic ring is 1. The van der Waals surface area contributed by atoms with Gasteiger partial charge in [-0.2, -0.15) is 0 Å². The Morgan fingerprint density at radius 3 is 2.95 bits per heavy atom. The number of hydrogen-bond acceptors (Lipinski definition) is 5. The molecule has 1 aromatic carbocycles. The Balaban J connectivity index is 2.13. The molecule has 0 aromatic heterocycles. The Kier molecular flexibility index (Phi) is 4.19. The Morgan fingerprint density at radius 1 is 1.60 bits per heavy atom. The zero-order valence-corrected chi connectivity index (χ0v) is 11.2. The quantitative estimate of drug-likeness (QED) is 0.493. The summed E-state index contributed by atoms with van der Waals surface area (Å²) in [5.74, 6) is -0.422. The van der Waals surface area contributed by atoms with Gasteiger partial charge in [-0.25, -0.2) is 0 Å². The molecule has 2 atom stereocenters. The van der Waals surface area contributed by atoms with Crippen molar-refractivity contribution in [2.45, 2.75) is 31.9 Å². The summed E-state index contributed by atoms with van der Waals surface area (Å²) in [6.07, 6.45) is 1.86. The zero-order chi connectivity index (χ0) is 14.7. The van der Waals surface area contributed by atoms with Crippen molar-refractivity contribution in [3.63, 3.8) is 0 Å². The first-order valence-electron chi connectivity index (χ1n) is 6.46. The molecule has 0 saturated carbocycles. The van der Waals surface area contributed by atoms with E-state index < -0.39 is 10.8 Å². The maximum Gasteiger partial charge on any atom is 0.292 e. The fourth-order valence-corrected chi connectivity index (χ4v) is 2.28. The number of nitro benzene ring substituents is 1. The summed E-state index contributed by atoms with van der Waals surface area (Å²) < 4.78 is 5.49. The van der Waals surface area contributed by atoms with E-state index >= 15 is 0 Å². The fourth-order valence-electron chi connectivity index (χ4n) is 2.28. The smallest absolute Gasteiger partial charge is 0.292 e. The molecule has 0 spiro atoms. The van der Waals surface area contributed by atoms with E-state index in [1.165, 1.54) is 18.2 Å². The van der Waals surface area contributed by atoms with Crippen LogP contribution in [0.4, 0.5) is 11.4 Å². The lowest BCUT2D eigenvalue weighted by molar-refractivity contribution is -0.383. The summed E-state index contributed by atoms with van der Waals surface area (Å²) in [5, 5.41) is 13.6. The molecule has 7 nitrogen and oxygen atoms in total. The number of nitrogens with zero attached hydrogens (tertiary/aromatic N) is 1. The van der Waals surface area contributed by atoms with E-state index in [9.17, 15) is 14.9 Å². The highest BCUT2D eigenvalue weighted by Gasteiger charge is 2.25. The highest BCUT2D eigenvalue weighted by molar-refractivity contribution is 6.01. The molecule has 0 aliphatic carbocycles. The Labute approximate surface area is 116 Å². The number of benzene rings is 1. The van der Waals surface area contributed by atoms with Crippen LogP contribution in [0.1, 0.15) is 30.1 Å². The average Bonchev–Trinajstić information content (AvgIpc) is 2.92. The molecule has 1 aliphatic heterocycles. The number of amides is 1. The number of nitro groups is 1. The van der Waals surface area contributed by atoms with Crippen molar-refractivity contribution in [3.05, 3.63) is 33.9 Å². The first kappa shape index (κ1) is 14.3. The van der Waals surface area contributed by atoms with Crippen LogP contribution in [-0.4, -0.2) is 29.6 Å². The number of hydrogen-bond donors (Lipinski definition) is 2. The maximum absolute atomic E-state index is 12.1. The van der Waals surface area contributed by atoms with E-state index in [0.29, 0.717) is 6.61 Å². The van der Waals surface area contributed by atoms with Crippen molar-refractivity contribution in [2.75, 3.05) is 12.3 Å². The van der Waals surface area contributed by atoms with Crippen LogP contribution >= 0.6 is 0 Å². The molecule has 0 bridgehead atoms. The molecule has 20 heavy (non-hydrogen) atoms. The number of rotatable bonds is 4. The van der Waals surface area contributed by atoms with Gasteiger partial charge in [0.15, 0.2) is 0 Å². The van der Waals surface area contributed by atoms with Crippen LogP contribution in [0.25, 0.3) is 0 Å². The van der Waals surface area contributed by atoms with Gasteiger partial charge in [0, 0.05) is 12.7 Å². The molecule has 1 heterocycles. The molecule has 2 unspecified atom stereocenters. The summed E-state index contributed by atoms with van der Waals surface area (Å²) in [6.45, 7) is 2.55. The normalized spacial score (nSPS) is 19.6. The highest BCUT2D eigenvalue weighted by Crippen LogP contribution is 2.25. The molecular weight excluding hydrogens is 262 g/mol. The van der Waals surface area contributed by atoms with E-state index in [1.54, 1.807) is 0 Å². The molecule has 1 fully saturated rings. The fraction of sp³-hybridized carbons (Fsp3) is 0.462. The van der Waals surface area contributed by atoms with Gasteiger partial charge in [-0.1, -0.05) is 6.07 Å². The first-order chi connectivity index (χ1) is 9.50. The van der Waals surface area contributed by atoms with Crippen LogP contribution in [-0.2, 0) is 4.74 Å². The second kappa shape index (κ2) is 5.87. The van der Waals surface area contributed by atoms with Crippen LogP contribution in [0, 0.1) is 10.1 Å². The molecule has 0 radical (unpaired) electrons. The van der Waals surface area contributed by atoms with E-state index in [4.69, 9.17) is 10.5 Å². The number of anilines is 1. The molecule has 108 valence electrons. The van der Waals surface area contributed by atoms with Crippen LogP contribution in [0.3, 0.4) is 0 Å². The Morgan fingerprint density at radius 2 is 2.35 bits per heavy atom. The van der Waals surface area contributed by atoms with Crippen molar-refractivity contribution < 1.29 is 14.5 Å². The molecule has 1 aromatic rings. The van der Waals surface area contributed by atoms with Crippen molar-refractivity contribution >= 4 is 17.3 Å². The van der Waals surface area contributed by atoms with Crippen LogP contribution in [0.15, 0.2) is 18.2 Å². The van der Waals surface area contributed by atoms with Gasteiger partial charge in [-0.3, -0.25) is 14.9 Å². The van der Waals surface area contributed by atoms with Crippen LogP contribution in [0.5, 0.6) is 0 Å². The maximum atomic E-state index is 12.1.